The Kier molecular flexibility index (Phi) is 3.03. The highest BCUT2D eigenvalue weighted by Crippen LogP contribution is 2.31. The number of amides is 1. The first-order chi connectivity index (χ1) is 9.16. The van der Waals surface area contributed by atoms with E-state index in [1.807, 2.05) is 49.4 Å². The van der Waals surface area contributed by atoms with Crippen LogP contribution in [0.1, 0.15) is 27.7 Å². The Balaban J connectivity index is 2.04. The highest BCUT2D eigenvalue weighted by Gasteiger charge is 2.26. The number of aryl methyl sites for hydroxylation is 1. The SMILES string of the molecule is Cc1cccc2c1N[C@H](c1ccccc1Br)NC2=O. The zero-order chi connectivity index (χ0) is 13.4. The molecule has 2 N–H and O–H groups in total. The van der Waals surface area contributed by atoms with Crippen LogP contribution in [-0.4, -0.2) is 5.91 Å². The van der Waals surface area contributed by atoms with Gasteiger partial charge >= 0.3 is 0 Å². The maximum absolute atomic E-state index is 12.2. The summed E-state index contributed by atoms with van der Waals surface area (Å²) in [7, 11) is 0. The normalized spacial score (nSPS) is 17.4. The third-order valence-corrected chi connectivity index (χ3v) is 4.02. The van der Waals surface area contributed by atoms with E-state index in [2.05, 4.69) is 26.6 Å². The van der Waals surface area contributed by atoms with Crippen LogP contribution in [-0.2, 0) is 0 Å². The van der Waals surface area contributed by atoms with Gasteiger partial charge in [-0.25, -0.2) is 0 Å². The predicted octanol–water partition coefficient (Wildman–Crippen LogP) is 3.61. The molecule has 0 aromatic heterocycles. The number of hydrogen-bond acceptors (Lipinski definition) is 2. The molecule has 96 valence electrons. The van der Waals surface area contributed by atoms with E-state index >= 15 is 0 Å². The average Bonchev–Trinajstić information content (AvgIpc) is 2.40. The minimum Gasteiger partial charge on any atom is -0.361 e. The molecule has 2 aromatic carbocycles. The van der Waals surface area contributed by atoms with Gasteiger partial charge in [-0.15, -0.1) is 0 Å². The van der Waals surface area contributed by atoms with Gasteiger partial charge in [-0.05, 0) is 24.6 Å². The molecule has 1 aliphatic rings. The zero-order valence-corrected chi connectivity index (χ0v) is 12.0. The van der Waals surface area contributed by atoms with Crippen molar-refractivity contribution in [3.63, 3.8) is 0 Å². The summed E-state index contributed by atoms with van der Waals surface area (Å²) in [5, 5.41) is 6.37. The second kappa shape index (κ2) is 4.70. The maximum atomic E-state index is 12.2. The van der Waals surface area contributed by atoms with Gasteiger partial charge in [0, 0.05) is 10.0 Å². The summed E-state index contributed by atoms with van der Waals surface area (Å²) in [5.41, 5.74) is 3.70. The standard InChI is InChI=1S/C15H13BrN2O/c1-9-5-4-7-11-13(9)17-14(18-15(11)19)10-6-2-3-8-12(10)16/h2-8,14,17H,1H3,(H,18,19)/t14-/m0/s1. The van der Waals surface area contributed by atoms with Crippen molar-refractivity contribution >= 4 is 27.5 Å². The van der Waals surface area contributed by atoms with Crippen LogP contribution in [0.5, 0.6) is 0 Å². The van der Waals surface area contributed by atoms with Crippen molar-refractivity contribution in [2.45, 2.75) is 13.1 Å². The Labute approximate surface area is 120 Å². The molecule has 1 atom stereocenters. The number of para-hydroxylation sites is 1. The summed E-state index contributed by atoms with van der Waals surface area (Å²) in [6.07, 6.45) is -0.211. The molecule has 0 saturated heterocycles. The number of fused-ring (bicyclic) bond motifs is 1. The fourth-order valence-corrected chi connectivity index (χ4v) is 2.82. The molecule has 2 aromatic rings. The van der Waals surface area contributed by atoms with Gasteiger partial charge in [0.05, 0.1) is 11.3 Å². The average molecular weight is 317 g/mol. The lowest BCUT2D eigenvalue weighted by Gasteiger charge is -2.29. The van der Waals surface area contributed by atoms with E-state index in [1.54, 1.807) is 0 Å². The van der Waals surface area contributed by atoms with Crippen molar-refractivity contribution in [1.29, 1.82) is 0 Å². The van der Waals surface area contributed by atoms with E-state index in [4.69, 9.17) is 0 Å². The lowest BCUT2D eigenvalue weighted by molar-refractivity contribution is 0.0935. The molecular formula is C15H13BrN2O. The second-order valence-electron chi connectivity index (χ2n) is 4.57. The molecule has 1 aliphatic heterocycles. The zero-order valence-electron chi connectivity index (χ0n) is 10.4. The topological polar surface area (TPSA) is 41.1 Å². The largest absolute Gasteiger partial charge is 0.361 e. The molecule has 0 saturated carbocycles. The van der Waals surface area contributed by atoms with E-state index in [-0.39, 0.29) is 12.1 Å². The molecule has 0 spiro atoms. The number of rotatable bonds is 1. The maximum Gasteiger partial charge on any atom is 0.255 e. The first-order valence-corrected chi connectivity index (χ1v) is 6.87. The highest BCUT2D eigenvalue weighted by atomic mass is 79.9. The van der Waals surface area contributed by atoms with E-state index in [0.717, 1.165) is 21.3 Å². The van der Waals surface area contributed by atoms with Gasteiger partial charge in [0.15, 0.2) is 0 Å². The van der Waals surface area contributed by atoms with Crippen molar-refractivity contribution < 1.29 is 4.79 Å². The van der Waals surface area contributed by atoms with Crippen LogP contribution in [0.4, 0.5) is 5.69 Å². The summed E-state index contributed by atoms with van der Waals surface area (Å²) >= 11 is 3.52. The summed E-state index contributed by atoms with van der Waals surface area (Å²) in [6, 6.07) is 13.6. The van der Waals surface area contributed by atoms with Gasteiger partial charge in [-0.2, -0.15) is 0 Å². The molecule has 1 heterocycles. The summed E-state index contributed by atoms with van der Waals surface area (Å²) in [5.74, 6) is -0.0433. The quantitative estimate of drug-likeness (QED) is 0.843. The van der Waals surface area contributed by atoms with Crippen LogP contribution in [0, 0.1) is 6.92 Å². The fraction of sp³-hybridized carbons (Fsp3) is 0.133. The van der Waals surface area contributed by atoms with Crippen molar-refractivity contribution in [3.8, 4) is 0 Å². The number of hydrogen-bond donors (Lipinski definition) is 2. The number of carbonyl (C=O) groups is 1. The van der Waals surface area contributed by atoms with Gasteiger partial charge in [0.2, 0.25) is 0 Å². The summed E-state index contributed by atoms with van der Waals surface area (Å²) in [6.45, 7) is 2.00. The molecule has 3 rings (SSSR count). The lowest BCUT2D eigenvalue weighted by Crippen LogP contribution is -2.38. The Morgan fingerprint density at radius 1 is 1.05 bits per heavy atom. The van der Waals surface area contributed by atoms with Crippen LogP contribution in [0.2, 0.25) is 0 Å². The van der Waals surface area contributed by atoms with Crippen LogP contribution in [0.3, 0.4) is 0 Å². The molecule has 0 radical (unpaired) electrons. The van der Waals surface area contributed by atoms with Crippen LogP contribution in [0.25, 0.3) is 0 Å². The summed E-state index contributed by atoms with van der Waals surface area (Å²) in [4.78, 5) is 12.2. The van der Waals surface area contributed by atoms with Crippen molar-refractivity contribution in [3.05, 3.63) is 63.6 Å². The number of nitrogens with one attached hydrogen (secondary N) is 2. The third-order valence-electron chi connectivity index (χ3n) is 3.30. The monoisotopic (exact) mass is 316 g/mol. The van der Waals surface area contributed by atoms with Crippen LogP contribution >= 0.6 is 15.9 Å². The Hall–Kier alpha value is -1.81. The number of halogens is 1. The molecule has 0 bridgehead atoms. The molecule has 4 heteroatoms. The van der Waals surface area contributed by atoms with Crippen molar-refractivity contribution in [2.75, 3.05) is 5.32 Å². The van der Waals surface area contributed by atoms with Crippen molar-refractivity contribution in [1.82, 2.24) is 5.32 Å². The van der Waals surface area contributed by atoms with E-state index in [1.165, 1.54) is 0 Å². The molecular weight excluding hydrogens is 304 g/mol. The number of benzene rings is 2. The predicted molar refractivity (Wildman–Crippen MR) is 79.2 cm³/mol. The number of anilines is 1. The van der Waals surface area contributed by atoms with Gasteiger partial charge in [0.25, 0.3) is 5.91 Å². The Morgan fingerprint density at radius 2 is 1.84 bits per heavy atom. The smallest absolute Gasteiger partial charge is 0.255 e. The molecule has 0 unspecified atom stereocenters. The van der Waals surface area contributed by atoms with E-state index < -0.39 is 0 Å². The van der Waals surface area contributed by atoms with Gasteiger partial charge in [-0.1, -0.05) is 46.3 Å². The fourth-order valence-electron chi connectivity index (χ4n) is 2.30. The van der Waals surface area contributed by atoms with E-state index in [0.29, 0.717) is 5.56 Å². The van der Waals surface area contributed by atoms with Crippen LogP contribution in [0.15, 0.2) is 46.9 Å². The van der Waals surface area contributed by atoms with Gasteiger partial charge in [0.1, 0.15) is 6.17 Å². The van der Waals surface area contributed by atoms with E-state index in [9.17, 15) is 4.79 Å². The molecule has 3 nitrogen and oxygen atoms in total. The minimum atomic E-state index is -0.211. The Morgan fingerprint density at radius 3 is 2.63 bits per heavy atom. The molecule has 19 heavy (non-hydrogen) atoms. The molecule has 1 amide bonds. The lowest BCUT2D eigenvalue weighted by atomic mass is 10.0. The van der Waals surface area contributed by atoms with Crippen molar-refractivity contribution in [2.24, 2.45) is 0 Å². The summed E-state index contributed by atoms with van der Waals surface area (Å²) < 4.78 is 0.977. The first-order valence-electron chi connectivity index (χ1n) is 6.08. The highest BCUT2D eigenvalue weighted by molar-refractivity contribution is 9.10. The minimum absolute atomic E-state index is 0.0433. The van der Waals surface area contributed by atoms with Gasteiger partial charge < -0.3 is 10.6 Å². The first kappa shape index (κ1) is 12.2. The number of carbonyl (C=O) groups excluding carboxylic acids is 1. The molecule has 0 fully saturated rings. The van der Waals surface area contributed by atoms with Gasteiger partial charge in [-0.3, -0.25) is 4.79 Å². The third kappa shape index (κ3) is 2.12. The Bertz CT molecular complexity index is 654. The molecule has 0 aliphatic carbocycles. The second-order valence-corrected chi connectivity index (χ2v) is 5.42. The van der Waals surface area contributed by atoms with Crippen LogP contribution < -0.4 is 10.6 Å².